The van der Waals surface area contributed by atoms with E-state index in [0.29, 0.717) is 35.1 Å². The highest BCUT2D eigenvalue weighted by Gasteiger charge is 2.20. The smallest absolute Gasteiger partial charge is 0.274 e. The van der Waals surface area contributed by atoms with Crippen LogP contribution in [-0.2, 0) is 6.42 Å². The van der Waals surface area contributed by atoms with E-state index in [0.717, 1.165) is 5.56 Å². The van der Waals surface area contributed by atoms with Gasteiger partial charge in [0, 0.05) is 12.2 Å². The lowest BCUT2D eigenvalue weighted by atomic mass is 10.1. The van der Waals surface area contributed by atoms with Gasteiger partial charge in [-0.3, -0.25) is 14.2 Å². The van der Waals surface area contributed by atoms with E-state index in [1.807, 2.05) is 36.6 Å². The SMILES string of the molecule is CSc1ncc(C(=O)Nc2ccccc2C(=O)NCCc2ccccc2)n1-c1ccc(F)cc1. The van der Waals surface area contributed by atoms with Crippen LogP contribution in [0.1, 0.15) is 26.4 Å². The molecule has 0 unspecified atom stereocenters. The Morgan fingerprint density at radius 1 is 0.941 bits per heavy atom. The monoisotopic (exact) mass is 474 g/mol. The summed E-state index contributed by atoms with van der Waals surface area (Å²) in [5.74, 6) is -1.07. The Kier molecular flexibility index (Phi) is 7.39. The van der Waals surface area contributed by atoms with Crippen LogP contribution in [-0.4, -0.2) is 34.2 Å². The third kappa shape index (κ3) is 5.35. The number of halogens is 1. The van der Waals surface area contributed by atoms with E-state index >= 15 is 0 Å². The second-order valence-corrected chi connectivity index (χ2v) is 8.21. The first kappa shape index (κ1) is 23.3. The summed E-state index contributed by atoms with van der Waals surface area (Å²) in [6, 6.07) is 22.6. The molecule has 1 aromatic heterocycles. The lowest BCUT2D eigenvalue weighted by molar-refractivity contribution is 0.0955. The Hall–Kier alpha value is -3.91. The van der Waals surface area contributed by atoms with E-state index in [9.17, 15) is 14.0 Å². The second-order valence-electron chi connectivity index (χ2n) is 7.43. The van der Waals surface area contributed by atoms with Gasteiger partial charge in [-0.2, -0.15) is 0 Å². The van der Waals surface area contributed by atoms with Crippen molar-refractivity contribution in [2.45, 2.75) is 11.6 Å². The molecule has 0 bridgehead atoms. The van der Waals surface area contributed by atoms with Crippen LogP contribution in [0.5, 0.6) is 0 Å². The zero-order valence-corrected chi connectivity index (χ0v) is 19.3. The number of rotatable bonds is 8. The van der Waals surface area contributed by atoms with Crippen molar-refractivity contribution in [3.63, 3.8) is 0 Å². The van der Waals surface area contributed by atoms with Gasteiger partial charge in [-0.1, -0.05) is 54.2 Å². The number of aromatic nitrogens is 2. The molecule has 4 rings (SSSR count). The van der Waals surface area contributed by atoms with Crippen LogP contribution < -0.4 is 10.6 Å². The molecule has 0 spiro atoms. The average Bonchev–Trinajstić information content (AvgIpc) is 3.30. The van der Waals surface area contributed by atoms with Gasteiger partial charge >= 0.3 is 0 Å². The van der Waals surface area contributed by atoms with Crippen molar-refractivity contribution in [3.8, 4) is 5.69 Å². The Balaban J connectivity index is 1.52. The predicted molar refractivity (Wildman–Crippen MR) is 132 cm³/mol. The number of para-hydroxylation sites is 1. The molecule has 0 saturated heterocycles. The van der Waals surface area contributed by atoms with Gasteiger partial charge in [-0.25, -0.2) is 9.37 Å². The largest absolute Gasteiger partial charge is 0.352 e. The second kappa shape index (κ2) is 10.8. The third-order valence-electron chi connectivity index (χ3n) is 5.19. The maximum atomic E-state index is 13.4. The van der Waals surface area contributed by atoms with Crippen molar-refractivity contribution in [2.75, 3.05) is 18.1 Å². The molecule has 2 amide bonds. The van der Waals surface area contributed by atoms with Crippen LogP contribution in [0.3, 0.4) is 0 Å². The number of amides is 2. The van der Waals surface area contributed by atoms with Crippen molar-refractivity contribution in [1.29, 1.82) is 0 Å². The number of thioether (sulfide) groups is 1. The highest BCUT2D eigenvalue weighted by atomic mass is 32.2. The molecular weight excluding hydrogens is 451 g/mol. The molecule has 3 aromatic carbocycles. The quantitative estimate of drug-likeness (QED) is 0.354. The Morgan fingerprint density at radius 2 is 1.65 bits per heavy atom. The number of carbonyl (C=O) groups excluding carboxylic acids is 2. The number of imidazole rings is 1. The van der Waals surface area contributed by atoms with Gasteiger partial charge in [-0.15, -0.1) is 0 Å². The summed E-state index contributed by atoms with van der Waals surface area (Å²) in [5, 5.41) is 6.33. The Bertz CT molecular complexity index is 1290. The summed E-state index contributed by atoms with van der Waals surface area (Å²) in [5.41, 5.74) is 2.77. The average molecular weight is 475 g/mol. The fourth-order valence-electron chi connectivity index (χ4n) is 3.52. The minimum Gasteiger partial charge on any atom is -0.352 e. The molecule has 2 N–H and O–H groups in total. The molecule has 0 radical (unpaired) electrons. The summed E-state index contributed by atoms with van der Waals surface area (Å²) in [4.78, 5) is 30.3. The molecule has 0 fully saturated rings. The molecule has 0 atom stereocenters. The highest BCUT2D eigenvalue weighted by molar-refractivity contribution is 7.98. The molecule has 8 heteroatoms. The number of nitrogens with one attached hydrogen (secondary N) is 2. The highest BCUT2D eigenvalue weighted by Crippen LogP contribution is 2.23. The maximum Gasteiger partial charge on any atom is 0.274 e. The predicted octanol–water partition coefficient (Wildman–Crippen LogP) is 4.96. The van der Waals surface area contributed by atoms with Crippen molar-refractivity contribution < 1.29 is 14.0 Å². The summed E-state index contributed by atoms with van der Waals surface area (Å²) in [6.07, 6.45) is 4.02. The normalized spacial score (nSPS) is 10.6. The van der Waals surface area contributed by atoms with Crippen LogP contribution >= 0.6 is 11.8 Å². The van der Waals surface area contributed by atoms with E-state index in [1.165, 1.54) is 30.1 Å². The van der Waals surface area contributed by atoms with Crippen LogP contribution in [0.4, 0.5) is 10.1 Å². The fourth-order valence-corrected chi connectivity index (χ4v) is 4.06. The van der Waals surface area contributed by atoms with Gasteiger partial charge < -0.3 is 10.6 Å². The lowest BCUT2D eigenvalue weighted by Crippen LogP contribution is -2.27. The minimum absolute atomic E-state index is 0.273. The van der Waals surface area contributed by atoms with E-state index in [-0.39, 0.29) is 17.4 Å². The number of hydrogen-bond acceptors (Lipinski definition) is 4. The van der Waals surface area contributed by atoms with Gasteiger partial charge in [0.2, 0.25) is 0 Å². The fraction of sp³-hybridized carbons (Fsp3) is 0.115. The third-order valence-corrected chi connectivity index (χ3v) is 5.84. The standard InChI is InChI=1S/C26H23FN4O2S/c1-34-26-29-17-23(31(26)20-13-11-19(27)12-14-20)25(33)30-22-10-6-5-9-21(22)24(32)28-16-15-18-7-3-2-4-8-18/h2-14,17H,15-16H2,1H3,(H,28,32)(H,30,33). The van der Waals surface area contributed by atoms with Crippen molar-refractivity contribution in [3.05, 3.63) is 108 Å². The summed E-state index contributed by atoms with van der Waals surface area (Å²) >= 11 is 1.37. The van der Waals surface area contributed by atoms with Gasteiger partial charge in [0.05, 0.1) is 17.4 Å². The van der Waals surface area contributed by atoms with Gasteiger partial charge in [0.1, 0.15) is 11.5 Å². The van der Waals surface area contributed by atoms with E-state index < -0.39 is 5.91 Å². The van der Waals surface area contributed by atoms with Crippen LogP contribution in [0.2, 0.25) is 0 Å². The summed E-state index contributed by atoms with van der Waals surface area (Å²) in [6.45, 7) is 0.472. The summed E-state index contributed by atoms with van der Waals surface area (Å²) in [7, 11) is 0. The van der Waals surface area contributed by atoms with E-state index in [4.69, 9.17) is 0 Å². The first-order chi connectivity index (χ1) is 16.6. The number of carbonyl (C=O) groups is 2. The number of anilines is 1. The van der Waals surface area contributed by atoms with Crippen molar-refractivity contribution in [1.82, 2.24) is 14.9 Å². The minimum atomic E-state index is -0.429. The van der Waals surface area contributed by atoms with E-state index in [1.54, 1.807) is 41.0 Å². The zero-order chi connectivity index (χ0) is 23.9. The van der Waals surface area contributed by atoms with Crippen LogP contribution in [0, 0.1) is 5.82 Å². The molecule has 34 heavy (non-hydrogen) atoms. The van der Waals surface area contributed by atoms with Gasteiger partial charge in [0.25, 0.3) is 11.8 Å². The number of nitrogens with zero attached hydrogens (tertiary/aromatic N) is 2. The Morgan fingerprint density at radius 3 is 2.38 bits per heavy atom. The molecule has 0 aliphatic carbocycles. The molecular formula is C26H23FN4O2S. The van der Waals surface area contributed by atoms with Gasteiger partial charge in [0.15, 0.2) is 5.16 Å². The molecule has 0 aliphatic heterocycles. The van der Waals surface area contributed by atoms with Crippen LogP contribution in [0.15, 0.2) is 90.2 Å². The van der Waals surface area contributed by atoms with Gasteiger partial charge in [-0.05, 0) is 54.6 Å². The zero-order valence-electron chi connectivity index (χ0n) is 18.5. The maximum absolute atomic E-state index is 13.4. The Labute approximate surface area is 201 Å². The molecule has 0 aliphatic rings. The molecule has 6 nitrogen and oxygen atoms in total. The summed E-state index contributed by atoms with van der Waals surface area (Å²) < 4.78 is 15.1. The first-order valence-electron chi connectivity index (χ1n) is 10.7. The van der Waals surface area contributed by atoms with Crippen LogP contribution in [0.25, 0.3) is 5.69 Å². The van der Waals surface area contributed by atoms with Crippen molar-refractivity contribution in [2.24, 2.45) is 0 Å². The first-order valence-corrected chi connectivity index (χ1v) is 11.9. The number of benzene rings is 3. The lowest BCUT2D eigenvalue weighted by Gasteiger charge is -2.14. The molecule has 1 heterocycles. The van der Waals surface area contributed by atoms with Crippen molar-refractivity contribution >= 4 is 29.3 Å². The molecule has 4 aromatic rings. The topological polar surface area (TPSA) is 76.0 Å². The molecule has 0 saturated carbocycles. The number of hydrogen-bond donors (Lipinski definition) is 2. The molecule has 172 valence electrons. The van der Waals surface area contributed by atoms with E-state index in [2.05, 4.69) is 15.6 Å².